The summed E-state index contributed by atoms with van der Waals surface area (Å²) in [5.74, 6) is 0.711. The molecule has 0 atom stereocenters. The first-order chi connectivity index (χ1) is 19.3. The molecule has 0 radical (unpaired) electrons. The molecule has 5 nitrogen and oxygen atoms in total. The minimum absolute atomic E-state index is 0.711. The monoisotopic (exact) mass is 499 g/mol. The minimum Gasteiger partial charge on any atom is -0.228 e. The summed E-state index contributed by atoms with van der Waals surface area (Å²) in [6, 6.07) is 43.4. The van der Waals surface area contributed by atoms with Crippen LogP contribution in [0.4, 0.5) is 0 Å². The molecule has 8 aromatic rings. The van der Waals surface area contributed by atoms with Gasteiger partial charge in [-0.2, -0.15) is 4.80 Å². The molecule has 0 fully saturated rings. The Morgan fingerprint density at radius 3 is 2.10 bits per heavy atom. The first-order valence-electron chi connectivity index (χ1n) is 12.9. The summed E-state index contributed by atoms with van der Waals surface area (Å²) in [5.41, 5.74) is 6.62. The number of nitrogens with zero attached hydrogens (tertiary/aromatic N) is 5. The van der Waals surface area contributed by atoms with E-state index < -0.39 is 0 Å². The Balaban J connectivity index is 1.33. The summed E-state index contributed by atoms with van der Waals surface area (Å²) in [5, 5.41) is 15.2. The molecule has 0 N–H and O–H groups in total. The smallest absolute Gasteiger partial charge is 0.160 e. The van der Waals surface area contributed by atoms with Crippen LogP contribution in [0.2, 0.25) is 0 Å². The molecular formula is C34H21N5. The first kappa shape index (κ1) is 21.6. The van der Waals surface area contributed by atoms with Crippen LogP contribution in [0.15, 0.2) is 127 Å². The fourth-order valence-corrected chi connectivity index (χ4v) is 5.36. The molecule has 0 saturated carbocycles. The fourth-order valence-electron chi connectivity index (χ4n) is 5.36. The standard InChI is InChI=1S/C34H21N5/c1-3-9-23(10-4-1)32-28-13-7-8-14-29(28)35-34(36-32)25-17-19-27-24(21-25)16-15-22-18-20-30-33(31(22)27)38-39(37-30)26-11-5-2-6-12-26/h1-21H. The zero-order valence-electron chi connectivity index (χ0n) is 20.9. The highest BCUT2D eigenvalue weighted by atomic mass is 15.5. The van der Waals surface area contributed by atoms with Crippen LogP contribution in [-0.4, -0.2) is 25.0 Å². The average molecular weight is 500 g/mol. The van der Waals surface area contributed by atoms with E-state index >= 15 is 0 Å². The Morgan fingerprint density at radius 2 is 1.23 bits per heavy atom. The third kappa shape index (κ3) is 3.55. The van der Waals surface area contributed by atoms with Crippen LogP contribution < -0.4 is 0 Å². The van der Waals surface area contributed by atoms with E-state index in [-0.39, 0.29) is 0 Å². The number of hydrogen-bond donors (Lipinski definition) is 0. The summed E-state index contributed by atoms with van der Waals surface area (Å²) in [4.78, 5) is 11.7. The van der Waals surface area contributed by atoms with Crippen molar-refractivity contribution in [1.82, 2.24) is 25.0 Å². The summed E-state index contributed by atoms with van der Waals surface area (Å²) in [7, 11) is 0. The normalized spacial score (nSPS) is 11.6. The van der Waals surface area contributed by atoms with Crippen LogP contribution >= 0.6 is 0 Å². The molecule has 0 aliphatic carbocycles. The van der Waals surface area contributed by atoms with Crippen molar-refractivity contribution >= 4 is 43.5 Å². The lowest BCUT2D eigenvalue weighted by Crippen LogP contribution is -1.97. The molecule has 0 saturated heterocycles. The van der Waals surface area contributed by atoms with E-state index in [0.717, 1.165) is 66.0 Å². The van der Waals surface area contributed by atoms with Gasteiger partial charge in [-0.1, -0.05) is 97.1 Å². The number of aromatic nitrogens is 5. The van der Waals surface area contributed by atoms with Crippen molar-refractivity contribution in [2.75, 3.05) is 0 Å². The minimum atomic E-state index is 0.711. The molecule has 0 aliphatic rings. The largest absolute Gasteiger partial charge is 0.228 e. The summed E-state index contributed by atoms with van der Waals surface area (Å²) < 4.78 is 0. The van der Waals surface area contributed by atoms with Gasteiger partial charge in [-0.25, -0.2) is 9.97 Å². The number of benzene rings is 6. The Labute approximate surface area is 224 Å². The molecule has 0 amide bonds. The SMILES string of the molecule is c1ccc(-c2nc(-c3ccc4c(ccc5ccc6nn(-c7ccccc7)nc6c54)c3)nc3ccccc23)cc1. The predicted octanol–water partition coefficient (Wildman–Crippen LogP) is 8.00. The third-order valence-electron chi connectivity index (χ3n) is 7.25. The second-order valence-electron chi connectivity index (χ2n) is 9.64. The molecule has 0 spiro atoms. The van der Waals surface area contributed by atoms with Crippen molar-refractivity contribution in [3.8, 4) is 28.3 Å². The van der Waals surface area contributed by atoms with Gasteiger partial charge >= 0.3 is 0 Å². The highest BCUT2D eigenvalue weighted by molar-refractivity contribution is 6.18. The number of fused-ring (bicyclic) bond motifs is 6. The van der Waals surface area contributed by atoms with E-state index in [4.69, 9.17) is 20.2 Å². The molecule has 6 aromatic carbocycles. The maximum Gasteiger partial charge on any atom is 0.160 e. The van der Waals surface area contributed by atoms with Gasteiger partial charge < -0.3 is 0 Å². The van der Waals surface area contributed by atoms with Crippen molar-refractivity contribution in [2.45, 2.75) is 0 Å². The van der Waals surface area contributed by atoms with Crippen LogP contribution in [0.1, 0.15) is 0 Å². The van der Waals surface area contributed by atoms with E-state index in [1.54, 1.807) is 4.80 Å². The molecule has 0 unspecified atom stereocenters. The van der Waals surface area contributed by atoms with E-state index in [1.165, 1.54) is 0 Å². The summed E-state index contributed by atoms with van der Waals surface area (Å²) >= 11 is 0. The Hall–Kier alpha value is -5.42. The molecule has 0 bridgehead atoms. The lowest BCUT2D eigenvalue weighted by atomic mass is 9.98. The zero-order chi connectivity index (χ0) is 25.8. The van der Waals surface area contributed by atoms with Gasteiger partial charge in [0.05, 0.1) is 16.9 Å². The molecule has 2 heterocycles. The van der Waals surface area contributed by atoms with Gasteiger partial charge in [-0.05, 0) is 46.5 Å². The number of rotatable bonds is 3. The topological polar surface area (TPSA) is 56.5 Å². The van der Waals surface area contributed by atoms with Crippen molar-refractivity contribution in [3.05, 3.63) is 127 Å². The molecule has 39 heavy (non-hydrogen) atoms. The third-order valence-corrected chi connectivity index (χ3v) is 7.25. The molecular weight excluding hydrogens is 478 g/mol. The van der Waals surface area contributed by atoms with E-state index in [0.29, 0.717) is 5.82 Å². The first-order valence-corrected chi connectivity index (χ1v) is 12.9. The van der Waals surface area contributed by atoms with Gasteiger partial charge in [0.1, 0.15) is 11.0 Å². The van der Waals surface area contributed by atoms with Crippen LogP contribution in [0, 0.1) is 0 Å². The number of hydrogen-bond acceptors (Lipinski definition) is 4. The Bertz CT molecular complexity index is 2170. The van der Waals surface area contributed by atoms with Gasteiger partial charge in [0.2, 0.25) is 0 Å². The van der Waals surface area contributed by atoms with Crippen LogP contribution in [-0.2, 0) is 0 Å². The average Bonchev–Trinajstić information content (AvgIpc) is 3.46. The fraction of sp³-hybridized carbons (Fsp3) is 0. The molecule has 2 aromatic heterocycles. The van der Waals surface area contributed by atoms with E-state index in [2.05, 4.69) is 54.6 Å². The highest BCUT2D eigenvalue weighted by Crippen LogP contribution is 2.34. The quantitative estimate of drug-likeness (QED) is 0.231. The molecule has 182 valence electrons. The van der Waals surface area contributed by atoms with Crippen LogP contribution in [0.25, 0.3) is 71.8 Å². The van der Waals surface area contributed by atoms with Gasteiger partial charge in [0.25, 0.3) is 0 Å². The maximum atomic E-state index is 5.06. The lowest BCUT2D eigenvalue weighted by Gasteiger charge is -2.10. The highest BCUT2D eigenvalue weighted by Gasteiger charge is 2.14. The van der Waals surface area contributed by atoms with Crippen molar-refractivity contribution in [1.29, 1.82) is 0 Å². The molecule has 0 aliphatic heterocycles. The number of para-hydroxylation sites is 2. The Kier molecular flexibility index (Phi) is 4.76. The maximum absolute atomic E-state index is 5.06. The lowest BCUT2D eigenvalue weighted by molar-refractivity contribution is 0.766. The van der Waals surface area contributed by atoms with Gasteiger partial charge in [-0.15, -0.1) is 10.2 Å². The zero-order valence-corrected chi connectivity index (χ0v) is 20.9. The second kappa shape index (κ2) is 8.57. The van der Waals surface area contributed by atoms with Gasteiger partial charge in [0, 0.05) is 21.9 Å². The second-order valence-corrected chi connectivity index (χ2v) is 9.64. The molecule has 8 rings (SSSR count). The van der Waals surface area contributed by atoms with Crippen LogP contribution in [0.3, 0.4) is 0 Å². The van der Waals surface area contributed by atoms with Crippen molar-refractivity contribution in [3.63, 3.8) is 0 Å². The summed E-state index contributed by atoms with van der Waals surface area (Å²) in [6.07, 6.45) is 0. The van der Waals surface area contributed by atoms with Gasteiger partial charge in [-0.3, -0.25) is 0 Å². The van der Waals surface area contributed by atoms with Crippen LogP contribution in [0.5, 0.6) is 0 Å². The Morgan fingerprint density at radius 1 is 0.487 bits per heavy atom. The van der Waals surface area contributed by atoms with Crippen molar-refractivity contribution < 1.29 is 0 Å². The predicted molar refractivity (Wildman–Crippen MR) is 158 cm³/mol. The van der Waals surface area contributed by atoms with E-state index in [9.17, 15) is 0 Å². The van der Waals surface area contributed by atoms with Crippen molar-refractivity contribution in [2.24, 2.45) is 0 Å². The molecule has 5 heteroatoms. The summed E-state index contributed by atoms with van der Waals surface area (Å²) in [6.45, 7) is 0. The van der Waals surface area contributed by atoms with Gasteiger partial charge in [0.15, 0.2) is 5.82 Å². The van der Waals surface area contributed by atoms with E-state index in [1.807, 2.05) is 72.8 Å².